The lowest BCUT2D eigenvalue weighted by molar-refractivity contribution is -0.128. The summed E-state index contributed by atoms with van der Waals surface area (Å²) in [7, 11) is 3.37. The van der Waals surface area contributed by atoms with Crippen LogP contribution in [-0.4, -0.2) is 42.4 Å². The molecule has 1 aliphatic rings. The molecular formula is C21H25N3O3. The average Bonchev–Trinajstić information content (AvgIpc) is 3.08. The molecule has 1 fully saturated rings. The van der Waals surface area contributed by atoms with E-state index in [2.05, 4.69) is 5.32 Å². The fourth-order valence-corrected chi connectivity index (χ4v) is 3.16. The van der Waals surface area contributed by atoms with Crippen molar-refractivity contribution in [3.63, 3.8) is 0 Å². The SMILES string of the molecule is COc1ccccc1CN(C)C(=O)Nc1ccc(CN2CCCC2=O)cc1. The molecule has 0 radical (unpaired) electrons. The molecule has 27 heavy (non-hydrogen) atoms. The van der Waals surface area contributed by atoms with Crippen LogP contribution in [0.15, 0.2) is 48.5 Å². The van der Waals surface area contributed by atoms with E-state index in [1.54, 1.807) is 19.1 Å². The highest BCUT2D eigenvalue weighted by atomic mass is 16.5. The number of anilines is 1. The van der Waals surface area contributed by atoms with Crippen LogP contribution in [0.4, 0.5) is 10.5 Å². The number of ether oxygens (including phenoxy) is 1. The summed E-state index contributed by atoms with van der Waals surface area (Å²) in [5.41, 5.74) is 2.73. The van der Waals surface area contributed by atoms with E-state index in [1.165, 1.54) is 0 Å². The monoisotopic (exact) mass is 367 g/mol. The molecule has 3 rings (SSSR count). The lowest BCUT2D eigenvalue weighted by atomic mass is 10.2. The molecule has 1 aliphatic heterocycles. The van der Waals surface area contributed by atoms with Crippen LogP contribution in [0.2, 0.25) is 0 Å². The zero-order valence-corrected chi connectivity index (χ0v) is 15.8. The third-order valence-electron chi connectivity index (χ3n) is 4.70. The maximum absolute atomic E-state index is 12.4. The minimum absolute atomic E-state index is 0.191. The first-order valence-electron chi connectivity index (χ1n) is 9.07. The smallest absolute Gasteiger partial charge is 0.321 e. The zero-order valence-electron chi connectivity index (χ0n) is 15.8. The highest BCUT2D eigenvalue weighted by Gasteiger charge is 2.20. The fourth-order valence-electron chi connectivity index (χ4n) is 3.16. The summed E-state index contributed by atoms with van der Waals surface area (Å²) in [5, 5.41) is 2.89. The first kappa shape index (κ1) is 18.8. The number of rotatable bonds is 6. The summed E-state index contributed by atoms with van der Waals surface area (Å²) >= 11 is 0. The van der Waals surface area contributed by atoms with Gasteiger partial charge in [0.25, 0.3) is 0 Å². The lowest BCUT2D eigenvalue weighted by Crippen LogP contribution is -2.31. The molecule has 142 valence electrons. The van der Waals surface area contributed by atoms with Gasteiger partial charge in [0.2, 0.25) is 5.91 Å². The van der Waals surface area contributed by atoms with E-state index in [9.17, 15) is 9.59 Å². The third kappa shape index (κ3) is 4.78. The van der Waals surface area contributed by atoms with Crippen molar-refractivity contribution in [2.45, 2.75) is 25.9 Å². The normalized spacial score (nSPS) is 13.6. The van der Waals surface area contributed by atoms with Crippen molar-refractivity contribution in [2.24, 2.45) is 0 Å². The maximum atomic E-state index is 12.4. The number of para-hydroxylation sites is 1. The van der Waals surface area contributed by atoms with Crippen molar-refractivity contribution in [1.29, 1.82) is 0 Å². The van der Waals surface area contributed by atoms with Gasteiger partial charge in [0, 0.05) is 37.8 Å². The van der Waals surface area contributed by atoms with Gasteiger partial charge in [-0.05, 0) is 30.2 Å². The van der Waals surface area contributed by atoms with Gasteiger partial charge >= 0.3 is 6.03 Å². The van der Waals surface area contributed by atoms with E-state index in [0.29, 0.717) is 19.5 Å². The maximum Gasteiger partial charge on any atom is 0.321 e. The molecule has 0 unspecified atom stereocenters. The van der Waals surface area contributed by atoms with Gasteiger partial charge in [0.05, 0.1) is 13.7 Å². The zero-order chi connectivity index (χ0) is 19.2. The van der Waals surface area contributed by atoms with E-state index < -0.39 is 0 Å². The predicted molar refractivity (Wildman–Crippen MR) is 105 cm³/mol. The number of likely N-dealkylation sites (tertiary alicyclic amines) is 1. The van der Waals surface area contributed by atoms with Crippen LogP contribution in [0.25, 0.3) is 0 Å². The number of amides is 3. The van der Waals surface area contributed by atoms with Crippen molar-refractivity contribution >= 4 is 17.6 Å². The van der Waals surface area contributed by atoms with Gasteiger partial charge < -0.3 is 19.9 Å². The minimum atomic E-state index is -0.191. The first-order valence-corrected chi connectivity index (χ1v) is 9.07. The van der Waals surface area contributed by atoms with Crippen molar-refractivity contribution < 1.29 is 14.3 Å². The number of carbonyl (C=O) groups excluding carboxylic acids is 2. The Labute approximate surface area is 159 Å². The largest absolute Gasteiger partial charge is 0.496 e. The van der Waals surface area contributed by atoms with Crippen molar-refractivity contribution in [3.05, 3.63) is 59.7 Å². The molecule has 2 aromatic carbocycles. The number of methoxy groups -OCH3 is 1. The molecule has 0 aliphatic carbocycles. The molecule has 0 saturated carbocycles. The van der Waals surface area contributed by atoms with Gasteiger partial charge in [-0.3, -0.25) is 4.79 Å². The van der Waals surface area contributed by atoms with Crippen LogP contribution < -0.4 is 10.1 Å². The summed E-state index contributed by atoms with van der Waals surface area (Å²) < 4.78 is 5.33. The molecule has 6 nitrogen and oxygen atoms in total. The van der Waals surface area contributed by atoms with Crippen LogP contribution >= 0.6 is 0 Å². The number of carbonyl (C=O) groups is 2. The van der Waals surface area contributed by atoms with E-state index in [0.717, 1.165) is 35.5 Å². The number of hydrogen-bond donors (Lipinski definition) is 1. The Hall–Kier alpha value is -3.02. The molecule has 6 heteroatoms. The molecule has 0 spiro atoms. The number of nitrogens with one attached hydrogen (secondary N) is 1. The topological polar surface area (TPSA) is 61.9 Å². The molecule has 0 atom stereocenters. The molecule has 3 amide bonds. The van der Waals surface area contributed by atoms with Crippen LogP contribution in [0.1, 0.15) is 24.0 Å². The van der Waals surface area contributed by atoms with Crippen LogP contribution in [0.3, 0.4) is 0 Å². The Kier molecular flexibility index (Phi) is 5.96. The van der Waals surface area contributed by atoms with Gasteiger partial charge in [0.15, 0.2) is 0 Å². The van der Waals surface area contributed by atoms with Crippen LogP contribution in [-0.2, 0) is 17.9 Å². The van der Waals surface area contributed by atoms with Gasteiger partial charge in [-0.25, -0.2) is 4.79 Å². The average molecular weight is 367 g/mol. The van der Waals surface area contributed by atoms with Crippen molar-refractivity contribution in [1.82, 2.24) is 9.80 Å². The van der Waals surface area contributed by atoms with Crippen LogP contribution in [0.5, 0.6) is 5.75 Å². The Bertz CT molecular complexity index is 805. The number of nitrogens with zero attached hydrogens (tertiary/aromatic N) is 2. The van der Waals surface area contributed by atoms with Gasteiger partial charge in [0.1, 0.15) is 5.75 Å². The second kappa shape index (κ2) is 8.58. The van der Waals surface area contributed by atoms with Gasteiger partial charge in [-0.1, -0.05) is 30.3 Å². The summed E-state index contributed by atoms with van der Waals surface area (Å²) in [4.78, 5) is 27.6. The summed E-state index contributed by atoms with van der Waals surface area (Å²) in [6, 6.07) is 15.1. The fraction of sp³-hybridized carbons (Fsp3) is 0.333. The Morgan fingerprint density at radius 3 is 2.59 bits per heavy atom. The molecule has 0 bridgehead atoms. The Balaban J connectivity index is 1.56. The molecule has 1 saturated heterocycles. The van der Waals surface area contributed by atoms with Crippen LogP contribution in [0, 0.1) is 0 Å². The lowest BCUT2D eigenvalue weighted by Gasteiger charge is -2.20. The molecule has 1 heterocycles. The van der Waals surface area contributed by atoms with Crippen molar-refractivity contribution in [3.8, 4) is 5.75 Å². The minimum Gasteiger partial charge on any atom is -0.496 e. The summed E-state index contributed by atoms with van der Waals surface area (Å²) in [5.74, 6) is 0.975. The number of urea groups is 1. The molecule has 0 aromatic heterocycles. The second-order valence-electron chi connectivity index (χ2n) is 6.71. The molecule has 2 aromatic rings. The quantitative estimate of drug-likeness (QED) is 0.850. The summed E-state index contributed by atoms with van der Waals surface area (Å²) in [6.07, 6.45) is 1.58. The van der Waals surface area contributed by atoms with Gasteiger partial charge in [-0.15, -0.1) is 0 Å². The highest BCUT2D eigenvalue weighted by Crippen LogP contribution is 2.20. The highest BCUT2D eigenvalue weighted by molar-refractivity contribution is 5.89. The predicted octanol–water partition coefficient (Wildman–Crippen LogP) is 3.48. The Morgan fingerprint density at radius 1 is 1.19 bits per heavy atom. The Morgan fingerprint density at radius 2 is 1.93 bits per heavy atom. The standard InChI is InChI=1S/C21H25N3O3/c1-23(15-17-6-3-4-7-19(17)27-2)21(26)22-18-11-9-16(10-12-18)14-24-13-5-8-20(24)25/h3-4,6-7,9-12H,5,8,13-15H2,1-2H3,(H,22,26). The van der Waals surface area contributed by atoms with E-state index in [-0.39, 0.29) is 11.9 Å². The molecule has 1 N–H and O–H groups in total. The van der Waals surface area contributed by atoms with E-state index in [1.807, 2.05) is 53.4 Å². The third-order valence-corrected chi connectivity index (χ3v) is 4.70. The number of benzene rings is 2. The van der Waals surface area contributed by atoms with Gasteiger partial charge in [-0.2, -0.15) is 0 Å². The molecular weight excluding hydrogens is 342 g/mol. The first-order chi connectivity index (χ1) is 13.1. The van der Waals surface area contributed by atoms with Crippen molar-refractivity contribution in [2.75, 3.05) is 26.0 Å². The summed E-state index contributed by atoms with van der Waals surface area (Å²) in [6.45, 7) is 1.90. The van der Waals surface area contributed by atoms with E-state index in [4.69, 9.17) is 4.74 Å². The number of hydrogen-bond acceptors (Lipinski definition) is 3. The van der Waals surface area contributed by atoms with E-state index >= 15 is 0 Å². The second-order valence-corrected chi connectivity index (χ2v) is 6.71.